The van der Waals surface area contributed by atoms with Crippen LogP contribution >= 0.6 is 0 Å². The molecule has 0 saturated carbocycles. The van der Waals surface area contributed by atoms with Gasteiger partial charge in [0.15, 0.2) is 17.7 Å². The van der Waals surface area contributed by atoms with Crippen molar-refractivity contribution in [3.05, 3.63) is 54.9 Å². The van der Waals surface area contributed by atoms with Gasteiger partial charge in [-0.25, -0.2) is 28.1 Å². The lowest BCUT2D eigenvalue weighted by molar-refractivity contribution is -0.0403. The van der Waals surface area contributed by atoms with Gasteiger partial charge >= 0.3 is 0 Å². The van der Waals surface area contributed by atoms with Crippen LogP contribution < -0.4 is 5.73 Å². The minimum Gasteiger partial charge on any atom is -0.387 e. The molecule has 0 amide bonds. The lowest BCUT2D eigenvalue weighted by atomic mass is 10.1. The predicted molar refractivity (Wildman–Crippen MR) is 125 cm³/mol. The lowest BCUT2D eigenvalue weighted by Gasteiger charge is -2.19. The van der Waals surface area contributed by atoms with E-state index in [-0.39, 0.29) is 30.3 Å². The van der Waals surface area contributed by atoms with Crippen molar-refractivity contribution in [2.45, 2.75) is 49.4 Å². The summed E-state index contributed by atoms with van der Waals surface area (Å²) in [4.78, 5) is 12.4. The van der Waals surface area contributed by atoms with Gasteiger partial charge in [-0.2, -0.15) is 4.31 Å². The van der Waals surface area contributed by atoms with E-state index in [1.807, 2.05) is 0 Å². The Morgan fingerprint density at radius 2 is 1.92 bits per heavy atom. The number of benzene rings is 1. The highest BCUT2D eigenvalue weighted by atomic mass is 32.2. The SMILES string of the molecule is CCN(Cc1cn(C[C@H]2O[C@@H](n3cnc4c(N)ncnc43)[C@H](O)[C@@H]2O)nn1)S(=O)(=O)c1ccccc1. The van der Waals surface area contributed by atoms with Crippen molar-refractivity contribution in [3.8, 4) is 0 Å². The van der Waals surface area contributed by atoms with E-state index in [4.69, 9.17) is 10.5 Å². The van der Waals surface area contributed by atoms with Crippen LogP contribution in [0.2, 0.25) is 0 Å². The summed E-state index contributed by atoms with van der Waals surface area (Å²) < 4.78 is 36.1. The summed E-state index contributed by atoms with van der Waals surface area (Å²) in [5.74, 6) is 0.189. The van der Waals surface area contributed by atoms with Gasteiger partial charge < -0.3 is 20.7 Å². The number of anilines is 1. The molecule has 0 bridgehead atoms. The van der Waals surface area contributed by atoms with Gasteiger partial charge in [0.1, 0.15) is 30.2 Å². The van der Waals surface area contributed by atoms with Crippen LogP contribution in [0.5, 0.6) is 0 Å². The van der Waals surface area contributed by atoms with Crippen LogP contribution in [0, 0.1) is 0 Å². The van der Waals surface area contributed by atoms with Crippen molar-refractivity contribution >= 4 is 27.0 Å². The highest BCUT2D eigenvalue weighted by Crippen LogP contribution is 2.32. The van der Waals surface area contributed by atoms with Crippen LogP contribution in [-0.2, 0) is 27.8 Å². The Hall–Kier alpha value is -3.50. The van der Waals surface area contributed by atoms with Crippen LogP contribution in [0.1, 0.15) is 18.8 Å². The summed E-state index contributed by atoms with van der Waals surface area (Å²) in [6.07, 6.45) is -0.00815. The van der Waals surface area contributed by atoms with Crippen molar-refractivity contribution in [1.82, 2.24) is 38.8 Å². The van der Waals surface area contributed by atoms with E-state index in [0.29, 0.717) is 16.9 Å². The largest absolute Gasteiger partial charge is 0.387 e. The number of ether oxygens (including phenoxy) is 1. The fourth-order valence-electron chi connectivity index (χ4n) is 4.14. The van der Waals surface area contributed by atoms with Crippen molar-refractivity contribution in [3.63, 3.8) is 0 Å². The second-order valence-corrected chi connectivity index (χ2v) is 10.2. The Kier molecular flexibility index (Phi) is 6.40. The third-order valence-electron chi connectivity index (χ3n) is 6.02. The molecule has 1 fully saturated rings. The fourth-order valence-corrected chi connectivity index (χ4v) is 5.58. The number of hydrogen-bond acceptors (Lipinski definition) is 11. The molecule has 0 radical (unpaired) electrons. The highest BCUT2D eigenvalue weighted by Gasteiger charge is 2.44. The number of rotatable bonds is 8. The Bertz CT molecular complexity index is 1460. The van der Waals surface area contributed by atoms with Crippen LogP contribution in [0.15, 0.2) is 54.1 Å². The second kappa shape index (κ2) is 9.51. The Morgan fingerprint density at radius 3 is 2.67 bits per heavy atom. The maximum atomic E-state index is 13.0. The summed E-state index contributed by atoms with van der Waals surface area (Å²) in [5.41, 5.74) is 6.97. The van der Waals surface area contributed by atoms with Gasteiger partial charge in [-0.3, -0.25) is 4.57 Å². The van der Waals surface area contributed by atoms with E-state index in [9.17, 15) is 18.6 Å². The summed E-state index contributed by atoms with van der Waals surface area (Å²) >= 11 is 0. The number of fused-ring (bicyclic) bond motifs is 1. The number of imidazole rings is 1. The molecule has 14 nitrogen and oxygen atoms in total. The van der Waals surface area contributed by atoms with E-state index >= 15 is 0 Å². The smallest absolute Gasteiger partial charge is 0.243 e. The zero-order chi connectivity index (χ0) is 25.4. The summed E-state index contributed by atoms with van der Waals surface area (Å²) in [7, 11) is -3.70. The number of nitrogens with zero attached hydrogens (tertiary/aromatic N) is 8. The zero-order valence-corrected chi connectivity index (χ0v) is 20.0. The third kappa shape index (κ3) is 4.31. The summed E-state index contributed by atoms with van der Waals surface area (Å²) in [5, 5.41) is 29.4. The number of aliphatic hydroxyl groups is 2. The first kappa shape index (κ1) is 24.2. The van der Waals surface area contributed by atoms with Crippen molar-refractivity contribution in [1.29, 1.82) is 0 Å². The first-order chi connectivity index (χ1) is 17.3. The van der Waals surface area contributed by atoms with E-state index in [2.05, 4.69) is 25.3 Å². The molecule has 0 spiro atoms. The molecule has 4 atom stereocenters. The molecule has 1 saturated heterocycles. The van der Waals surface area contributed by atoms with Crippen molar-refractivity contribution in [2.24, 2.45) is 0 Å². The maximum Gasteiger partial charge on any atom is 0.243 e. The predicted octanol–water partition coefficient (Wildman–Crippen LogP) is -0.470. The summed E-state index contributed by atoms with van der Waals surface area (Å²) in [6, 6.07) is 8.17. The molecule has 190 valence electrons. The number of aromatic nitrogens is 7. The monoisotopic (exact) mass is 515 g/mol. The average molecular weight is 516 g/mol. The molecule has 4 aromatic rings. The van der Waals surface area contributed by atoms with Crippen molar-refractivity contribution < 1.29 is 23.4 Å². The van der Waals surface area contributed by atoms with Gasteiger partial charge in [0.25, 0.3) is 0 Å². The Morgan fingerprint density at radius 1 is 1.14 bits per heavy atom. The topological polar surface area (TPSA) is 187 Å². The number of nitrogen functional groups attached to an aromatic ring is 1. The molecule has 3 aromatic heterocycles. The zero-order valence-electron chi connectivity index (χ0n) is 19.2. The van der Waals surface area contributed by atoms with Crippen LogP contribution in [0.4, 0.5) is 5.82 Å². The quantitative estimate of drug-likeness (QED) is 0.275. The maximum absolute atomic E-state index is 13.0. The van der Waals surface area contributed by atoms with E-state index in [1.165, 1.54) is 26.2 Å². The Labute approximate surface area is 206 Å². The van der Waals surface area contributed by atoms with Crippen LogP contribution in [0.25, 0.3) is 11.2 Å². The standard InChI is InChI=1S/C21H25N9O5S/c1-2-29(36(33,34)14-6-4-3-5-7-14)9-13-8-28(27-26-13)10-15-17(31)18(32)21(35-15)30-12-25-16-19(22)23-11-24-20(16)30/h3-8,11-12,15,17-18,21,31-32H,2,9-10H2,1H3,(H2,22,23,24)/t15-,17-,18-,21-/m1/s1. The number of hydrogen-bond donors (Lipinski definition) is 3. The molecule has 4 N–H and O–H groups in total. The van der Waals surface area contributed by atoms with Gasteiger partial charge in [-0.15, -0.1) is 5.10 Å². The molecule has 0 unspecified atom stereocenters. The number of aliphatic hydroxyl groups excluding tert-OH is 2. The van der Waals surface area contributed by atoms with Gasteiger partial charge in [-0.05, 0) is 12.1 Å². The minimum absolute atomic E-state index is 0.0230. The minimum atomic E-state index is -3.70. The Balaban J connectivity index is 1.29. The van der Waals surface area contributed by atoms with Crippen molar-refractivity contribution in [2.75, 3.05) is 12.3 Å². The molecule has 1 aliphatic rings. The molecule has 0 aliphatic carbocycles. The normalized spacial score (nSPS) is 22.6. The van der Waals surface area contributed by atoms with Gasteiger partial charge in [-0.1, -0.05) is 30.3 Å². The molecule has 4 heterocycles. The molecule has 5 rings (SSSR count). The number of nitrogens with two attached hydrogens (primary N) is 1. The molecular weight excluding hydrogens is 490 g/mol. The molecule has 15 heteroatoms. The lowest BCUT2D eigenvalue weighted by Crippen LogP contribution is -2.33. The van der Waals surface area contributed by atoms with Crippen LogP contribution in [-0.4, -0.2) is 82.3 Å². The van der Waals surface area contributed by atoms with Gasteiger partial charge in [0, 0.05) is 12.7 Å². The molecule has 1 aliphatic heterocycles. The second-order valence-electron chi connectivity index (χ2n) is 8.31. The van der Waals surface area contributed by atoms with Gasteiger partial charge in [0.2, 0.25) is 10.0 Å². The van der Waals surface area contributed by atoms with E-state index in [0.717, 1.165) is 0 Å². The number of sulfonamides is 1. The fraction of sp³-hybridized carbons (Fsp3) is 0.381. The highest BCUT2D eigenvalue weighted by molar-refractivity contribution is 7.89. The molecule has 36 heavy (non-hydrogen) atoms. The molecular formula is C21H25N9O5S. The van der Waals surface area contributed by atoms with E-state index in [1.54, 1.807) is 43.5 Å². The van der Waals surface area contributed by atoms with Gasteiger partial charge in [0.05, 0.1) is 30.0 Å². The molecule has 1 aromatic carbocycles. The third-order valence-corrected chi connectivity index (χ3v) is 7.96. The van der Waals surface area contributed by atoms with E-state index < -0.39 is 34.6 Å². The average Bonchev–Trinajstić information content (AvgIpc) is 3.58. The summed E-state index contributed by atoms with van der Waals surface area (Å²) in [6.45, 7) is 2.08. The first-order valence-electron chi connectivity index (χ1n) is 11.2. The van der Waals surface area contributed by atoms with Crippen LogP contribution in [0.3, 0.4) is 0 Å². The first-order valence-corrected chi connectivity index (χ1v) is 12.6.